The van der Waals surface area contributed by atoms with Crippen molar-refractivity contribution in [1.29, 1.82) is 0 Å². The van der Waals surface area contributed by atoms with Gasteiger partial charge in [0.15, 0.2) is 0 Å². The Balaban J connectivity index is 9.24. The molecular weight excluding hydrogens is 1610 g/mol. The molecule has 2 N–H and O–H groups in total. The van der Waals surface area contributed by atoms with E-state index in [0.717, 1.165) is 321 Å². The van der Waals surface area contributed by atoms with Crippen LogP contribution in [0, 0.1) is 0 Å². The normalized spacial score (nSPS) is 13.2. The van der Waals surface area contributed by atoms with Gasteiger partial charge in [0, 0.05) is 123 Å². The number of hydrogen-bond acceptors (Lipinski definition) is 17. The minimum absolute atomic E-state index is 0.108. The lowest BCUT2D eigenvalue weighted by Gasteiger charge is -2.36. The van der Waals surface area contributed by atoms with Gasteiger partial charge in [0.25, 0.3) is 10.1 Å². The number of hydrogen-bond donors (Lipinski definition) is 2. The predicted molar refractivity (Wildman–Crippen MR) is 533 cm³/mol. The molecule has 5 unspecified atom stereocenters. The molecule has 1 amide bonds. The van der Waals surface area contributed by atoms with Crippen molar-refractivity contribution in [3.63, 3.8) is 0 Å². The lowest BCUT2D eigenvalue weighted by atomic mass is 10.0. The fourth-order valence-electron chi connectivity index (χ4n) is 17.4. The molecule has 21 heteroatoms. The summed E-state index contributed by atoms with van der Waals surface area (Å²) in [6.07, 6.45) is 62.8. The Kier molecular flexibility index (Phi) is 86.6. The molecule has 752 valence electrons. The predicted octanol–water partition coefficient (Wildman–Crippen LogP) is 26.2. The smallest absolute Gasteiger partial charge is 0.306 e. The highest BCUT2D eigenvalue weighted by Crippen LogP contribution is 2.24. The van der Waals surface area contributed by atoms with Gasteiger partial charge >= 0.3 is 29.8 Å². The van der Waals surface area contributed by atoms with Crippen LogP contribution in [-0.2, 0) is 62.6 Å². The lowest BCUT2D eigenvalue weighted by Crippen LogP contribution is -2.49. The maximum Gasteiger partial charge on any atom is 0.306 e. The van der Waals surface area contributed by atoms with E-state index in [1.807, 2.05) is 14.1 Å². The highest BCUT2D eigenvalue weighted by molar-refractivity contribution is 7.85. The number of ether oxygens (including phenoxy) is 5. The third-order valence-corrected chi connectivity index (χ3v) is 26.5. The molecular formula is C106H209N6O14S+. The molecule has 0 saturated carbocycles. The monoisotopic (exact) mass is 1820 g/mol. The summed E-state index contributed by atoms with van der Waals surface area (Å²) in [7, 11) is -0.106. The van der Waals surface area contributed by atoms with Crippen molar-refractivity contribution in [3.05, 3.63) is 0 Å². The second-order valence-electron chi connectivity index (χ2n) is 38.9. The Hall–Kier alpha value is -3.47. The van der Waals surface area contributed by atoms with Crippen molar-refractivity contribution in [3.8, 4) is 0 Å². The summed E-state index contributed by atoms with van der Waals surface area (Å²) in [5, 5.41) is 3.20. The number of likely N-dealkylation sites (N-methyl/N-ethyl adjacent to an activating group) is 1. The largest absolute Gasteiger partial charge is 0.461 e. The number of carbonyl (C=O) groups is 6. The molecule has 20 nitrogen and oxygen atoms in total. The number of esters is 5. The van der Waals surface area contributed by atoms with Crippen LogP contribution in [0.25, 0.3) is 0 Å². The maximum atomic E-state index is 14.4. The van der Waals surface area contributed by atoms with Crippen molar-refractivity contribution in [2.75, 3.05) is 118 Å². The Morgan fingerprint density at radius 2 is 0.465 bits per heavy atom. The van der Waals surface area contributed by atoms with Crippen molar-refractivity contribution in [2.24, 2.45) is 0 Å². The summed E-state index contributed by atoms with van der Waals surface area (Å²) in [6, 6.07) is 0. The fraction of sp³-hybridized carbons (Fsp3) is 0.943. The fourth-order valence-corrected chi connectivity index (χ4v) is 17.8. The number of rotatable bonds is 99. The number of unbranched alkanes of at least 4 members (excludes halogenated alkanes) is 45. The van der Waals surface area contributed by atoms with E-state index in [1.165, 1.54) is 57.8 Å². The van der Waals surface area contributed by atoms with E-state index in [-0.39, 0.29) is 78.8 Å². The van der Waals surface area contributed by atoms with E-state index in [0.29, 0.717) is 141 Å². The van der Waals surface area contributed by atoms with Crippen molar-refractivity contribution in [2.45, 2.75) is 530 Å². The molecule has 0 fully saturated rings. The van der Waals surface area contributed by atoms with Crippen LogP contribution in [-0.4, -0.2) is 221 Å². The highest BCUT2D eigenvalue weighted by Gasteiger charge is 2.30. The molecule has 0 rings (SSSR count). The quantitative estimate of drug-likeness (QED) is 0.0190. The first-order valence-electron chi connectivity index (χ1n) is 54.4. The Morgan fingerprint density at radius 1 is 0.260 bits per heavy atom. The number of nitrogens with one attached hydrogen (secondary N) is 1. The van der Waals surface area contributed by atoms with Crippen molar-refractivity contribution >= 4 is 45.9 Å². The molecule has 0 heterocycles. The van der Waals surface area contributed by atoms with Gasteiger partial charge < -0.3 is 33.5 Å². The number of quaternary nitrogens is 1. The van der Waals surface area contributed by atoms with Crippen LogP contribution in [0.3, 0.4) is 0 Å². The number of amides is 1. The standard InChI is InChI=1S/C106H208N6O14S/c1-13-23-33-43-53-58-69-96(122-102(114)74-63-48-38-28-18-6)91-109(81-79-101(113)107-80-89-112(11,12)88-68-90-127(119,120)121)85-82-108(83-86-110(92-97(70-59-54-44-34-24-14-2)123-103(115)75-64-49-39-29-19-7)93-98(71-60-55-45-35-25-15-3)124-104(116)76-65-50-40-30-20-8)84-87-111(94-99(72-61-56-46-36-26-16-4)125-105(117)77-66-51-41-31-21-9)95-100(73-62-57-47-37-27-17-5)126-106(118)78-67-52-42-32-22-10/h96-100H,13-95H2,1-12H3,(H-,107,113,119,120,121)/p+1. The summed E-state index contributed by atoms with van der Waals surface area (Å²) in [4.78, 5) is 95.9. The third-order valence-electron chi connectivity index (χ3n) is 25.7. The Bertz CT molecular complexity index is 2420. The number of nitrogens with zero attached hydrogens (tertiary/aromatic N) is 5. The van der Waals surface area contributed by atoms with E-state index in [1.54, 1.807) is 0 Å². The molecule has 0 aliphatic rings. The molecule has 0 spiro atoms. The van der Waals surface area contributed by atoms with Crippen LogP contribution in [0.15, 0.2) is 0 Å². The zero-order valence-electron chi connectivity index (χ0n) is 85.5. The molecule has 0 bridgehead atoms. The van der Waals surface area contributed by atoms with E-state index in [4.69, 9.17) is 23.7 Å². The molecule has 0 aliphatic carbocycles. The van der Waals surface area contributed by atoms with Crippen molar-refractivity contribution < 1.29 is 69.9 Å². The topological polar surface area (TPSA) is 228 Å². The molecule has 0 aromatic rings. The minimum atomic E-state index is -4.11. The Labute approximate surface area is 784 Å². The first kappa shape index (κ1) is 124. The average Bonchev–Trinajstić information content (AvgIpc) is 0.892. The SMILES string of the molecule is CCCCCCCCC(CN(CCC(=O)NCC[N+](C)(C)CCCS(=O)(=O)O)CCN(CCN(CC(CCCCCCCC)OC(=O)CCCCCCC)CC(CCCCCCCC)OC(=O)CCCCCCC)CCN(CC(CCCCCCCC)OC(=O)CCCCCCC)CC(CCCCCCCC)OC(=O)CCCCCCC)OC(=O)CCCCCCC. The first-order valence-corrected chi connectivity index (χ1v) is 56.0. The molecule has 5 atom stereocenters. The van der Waals surface area contributed by atoms with E-state index < -0.39 is 16.2 Å². The van der Waals surface area contributed by atoms with Gasteiger partial charge in [-0.3, -0.25) is 52.9 Å². The van der Waals surface area contributed by atoms with Crippen LogP contribution >= 0.6 is 0 Å². The second kappa shape index (κ2) is 89.1. The Morgan fingerprint density at radius 3 is 0.701 bits per heavy atom. The number of carbonyl (C=O) groups excluding carboxylic acids is 6. The lowest BCUT2D eigenvalue weighted by molar-refractivity contribution is -0.889. The van der Waals surface area contributed by atoms with Gasteiger partial charge in [-0.05, 0) is 96.3 Å². The first-order chi connectivity index (χ1) is 61.5. The van der Waals surface area contributed by atoms with E-state index in [2.05, 4.69) is 94.2 Å². The molecule has 0 aliphatic heterocycles. The summed E-state index contributed by atoms with van der Waals surface area (Å²) in [5.41, 5.74) is 0. The maximum absolute atomic E-state index is 14.4. The van der Waals surface area contributed by atoms with Gasteiger partial charge in [0.1, 0.15) is 30.5 Å². The summed E-state index contributed by atoms with van der Waals surface area (Å²) in [6.45, 7) is 29.9. The van der Waals surface area contributed by atoms with Crippen LogP contribution in [0.1, 0.15) is 499 Å². The summed E-state index contributed by atoms with van der Waals surface area (Å²) in [5.74, 6) is -1.20. The zero-order valence-corrected chi connectivity index (χ0v) is 86.3. The second-order valence-corrected chi connectivity index (χ2v) is 40.5. The minimum Gasteiger partial charge on any atom is -0.461 e. The van der Waals surface area contributed by atoms with Crippen LogP contribution in [0.2, 0.25) is 0 Å². The van der Waals surface area contributed by atoms with Crippen LogP contribution < -0.4 is 5.32 Å². The third kappa shape index (κ3) is 82.9. The van der Waals surface area contributed by atoms with E-state index >= 15 is 0 Å². The van der Waals surface area contributed by atoms with Crippen LogP contribution in [0.5, 0.6) is 0 Å². The van der Waals surface area contributed by atoms with Gasteiger partial charge in [-0.2, -0.15) is 8.42 Å². The molecule has 127 heavy (non-hydrogen) atoms. The van der Waals surface area contributed by atoms with E-state index in [9.17, 15) is 41.7 Å². The molecule has 0 aromatic carbocycles. The van der Waals surface area contributed by atoms with Gasteiger partial charge in [0.2, 0.25) is 5.91 Å². The molecule has 0 radical (unpaired) electrons. The highest BCUT2D eigenvalue weighted by atomic mass is 32.2. The molecule has 0 saturated heterocycles. The van der Waals surface area contributed by atoms with Gasteiger partial charge in [0.05, 0.1) is 39.5 Å². The van der Waals surface area contributed by atoms with Gasteiger partial charge in [-0.15, -0.1) is 0 Å². The summed E-state index contributed by atoms with van der Waals surface area (Å²) >= 11 is 0. The summed E-state index contributed by atoms with van der Waals surface area (Å²) < 4.78 is 67.1. The zero-order chi connectivity index (χ0) is 93.6. The average molecular weight is 1820 g/mol. The molecule has 0 aromatic heterocycles. The van der Waals surface area contributed by atoms with Gasteiger partial charge in [-0.25, -0.2) is 0 Å². The van der Waals surface area contributed by atoms with Crippen molar-refractivity contribution in [1.82, 2.24) is 24.9 Å². The van der Waals surface area contributed by atoms with Gasteiger partial charge in [-0.1, -0.05) is 358 Å². The van der Waals surface area contributed by atoms with Crippen LogP contribution in [0.4, 0.5) is 0 Å².